The highest BCUT2D eigenvalue weighted by molar-refractivity contribution is 7.09. The number of hydrogen-bond donors (Lipinski definition) is 1. The predicted octanol–water partition coefficient (Wildman–Crippen LogP) is 2.70. The monoisotopic (exact) mass is 267 g/mol. The highest BCUT2D eigenvalue weighted by Crippen LogP contribution is 2.45. The second kappa shape index (κ2) is 4.91. The minimum Gasteiger partial charge on any atom is -0.392 e. The SMILES string of the molecule is Cc1nc(CC(O)C2CCOC3(CCC3)C2)cs1. The molecular weight excluding hydrogens is 246 g/mol. The van der Waals surface area contributed by atoms with Gasteiger partial charge in [-0.1, -0.05) is 0 Å². The van der Waals surface area contributed by atoms with Crippen molar-refractivity contribution in [1.29, 1.82) is 0 Å². The highest BCUT2D eigenvalue weighted by Gasteiger charge is 2.44. The van der Waals surface area contributed by atoms with Gasteiger partial charge >= 0.3 is 0 Å². The van der Waals surface area contributed by atoms with Gasteiger partial charge < -0.3 is 9.84 Å². The zero-order valence-corrected chi connectivity index (χ0v) is 11.7. The van der Waals surface area contributed by atoms with Crippen LogP contribution in [-0.2, 0) is 11.2 Å². The number of aliphatic hydroxyl groups is 1. The largest absolute Gasteiger partial charge is 0.392 e. The van der Waals surface area contributed by atoms with Gasteiger partial charge in [0.15, 0.2) is 0 Å². The van der Waals surface area contributed by atoms with E-state index in [1.165, 1.54) is 19.3 Å². The van der Waals surface area contributed by atoms with Crippen LogP contribution in [0.1, 0.15) is 42.8 Å². The molecule has 0 aromatic carbocycles. The van der Waals surface area contributed by atoms with E-state index in [1.54, 1.807) is 11.3 Å². The maximum absolute atomic E-state index is 10.4. The molecule has 3 nitrogen and oxygen atoms in total. The standard InChI is InChI=1S/C14H21NO2S/c1-10-15-12(9-18-10)7-13(16)11-3-6-17-14(8-11)4-2-5-14/h9,11,13,16H,2-8H2,1H3. The molecule has 1 saturated carbocycles. The maximum Gasteiger partial charge on any atom is 0.0897 e. The van der Waals surface area contributed by atoms with Crippen molar-refractivity contribution in [2.45, 2.75) is 57.2 Å². The van der Waals surface area contributed by atoms with Crippen molar-refractivity contribution in [3.63, 3.8) is 0 Å². The van der Waals surface area contributed by atoms with Gasteiger partial charge in [0, 0.05) is 18.4 Å². The third-order valence-electron chi connectivity index (χ3n) is 4.42. The number of aromatic nitrogens is 1. The van der Waals surface area contributed by atoms with Gasteiger partial charge in [0.25, 0.3) is 0 Å². The van der Waals surface area contributed by atoms with E-state index in [1.807, 2.05) is 6.92 Å². The van der Waals surface area contributed by atoms with Crippen molar-refractivity contribution in [3.8, 4) is 0 Å². The Hall–Kier alpha value is -0.450. The highest BCUT2D eigenvalue weighted by atomic mass is 32.1. The van der Waals surface area contributed by atoms with Crippen LogP contribution < -0.4 is 0 Å². The molecule has 2 fully saturated rings. The Morgan fingerprint density at radius 1 is 1.61 bits per heavy atom. The van der Waals surface area contributed by atoms with Crippen LogP contribution in [0.2, 0.25) is 0 Å². The molecule has 1 aromatic heterocycles. The van der Waals surface area contributed by atoms with Gasteiger partial charge in [0.1, 0.15) is 0 Å². The fraction of sp³-hybridized carbons (Fsp3) is 0.786. The van der Waals surface area contributed by atoms with E-state index in [4.69, 9.17) is 4.74 Å². The molecule has 2 heterocycles. The van der Waals surface area contributed by atoms with Gasteiger partial charge in [-0.25, -0.2) is 4.98 Å². The summed E-state index contributed by atoms with van der Waals surface area (Å²) < 4.78 is 5.91. The summed E-state index contributed by atoms with van der Waals surface area (Å²) in [6.07, 6.45) is 6.13. The van der Waals surface area contributed by atoms with Crippen LogP contribution >= 0.6 is 11.3 Å². The normalized spacial score (nSPS) is 28.0. The average molecular weight is 267 g/mol. The van der Waals surface area contributed by atoms with Crippen molar-refractivity contribution in [2.75, 3.05) is 6.61 Å². The van der Waals surface area contributed by atoms with Gasteiger partial charge in [-0.05, 0) is 44.9 Å². The summed E-state index contributed by atoms with van der Waals surface area (Å²) in [4.78, 5) is 4.44. The Kier molecular flexibility index (Phi) is 3.43. The Morgan fingerprint density at radius 2 is 2.44 bits per heavy atom. The van der Waals surface area contributed by atoms with Gasteiger partial charge in [0.2, 0.25) is 0 Å². The molecule has 3 rings (SSSR count). The van der Waals surface area contributed by atoms with E-state index in [2.05, 4.69) is 10.4 Å². The van der Waals surface area contributed by atoms with Gasteiger partial charge in [-0.2, -0.15) is 0 Å². The topological polar surface area (TPSA) is 42.4 Å². The lowest BCUT2D eigenvalue weighted by Crippen LogP contribution is -2.48. The molecular formula is C14H21NO2S. The van der Waals surface area contributed by atoms with E-state index < -0.39 is 0 Å². The summed E-state index contributed by atoms with van der Waals surface area (Å²) in [6, 6.07) is 0. The lowest BCUT2D eigenvalue weighted by molar-refractivity contribution is -0.156. The number of rotatable bonds is 3. The summed E-state index contributed by atoms with van der Waals surface area (Å²) in [5.74, 6) is 0.390. The molecule has 1 saturated heterocycles. The molecule has 100 valence electrons. The number of nitrogens with zero attached hydrogens (tertiary/aromatic N) is 1. The maximum atomic E-state index is 10.4. The molecule has 0 amide bonds. The van der Waals surface area contributed by atoms with Crippen LogP contribution in [0.5, 0.6) is 0 Å². The Morgan fingerprint density at radius 3 is 3.06 bits per heavy atom. The quantitative estimate of drug-likeness (QED) is 0.915. The summed E-state index contributed by atoms with van der Waals surface area (Å²) in [6.45, 7) is 2.83. The molecule has 1 aromatic rings. The van der Waals surface area contributed by atoms with Crippen LogP contribution in [0.25, 0.3) is 0 Å². The molecule has 0 bridgehead atoms. The molecule has 1 aliphatic carbocycles. The second-order valence-electron chi connectivity index (χ2n) is 5.77. The number of hydrogen-bond acceptors (Lipinski definition) is 4. The third kappa shape index (κ3) is 2.46. The fourth-order valence-electron chi connectivity index (χ4n) is 3.20. The molecule has 2 unspecified atom stereocenters. The van der Waals surface area contributed by atoms with E-state index in [0.717, 1.165) is 30.2 Å². The number of aliphatic hydroxyl groups excluding tert-OH is 1. The summed E-state index contributed by atoms with van der Waals surface area (Å²) in [5, 5.41) is 13.5. The molecule has 1 N–H and O–H groups in total. The summed E-state index contributed by atoms with van der Waals surface area (Å²) >= 11 is 1.66. The van der Waals surface area contributed by atoms with Gasteiger partial charge in [0.05, 0.1) is 22.4 Å². The summed E-state index contributed by atoms with van der Waals surface area (Å²) in [5.41, 5.74) is 1.17. The van der Waals surface area contributed by atoms with Crippen molar-refractivity contribution >= 4 is 11.3 Å². The molecule has 4 heteroatoms. The summed E-state index contributed by atoms with van der Waals surface area (Å²) in [7, 11) is 0. The first-order valence-electron chi connectivity index (χ1n) is 6.90. The zero-order valence-electron chi connectivity index (χ0n) is 10.9. The molecule has 2 aliphatic rings. The van der Waals surface area contributed by atoms with E-state index in [-0.39, 0.29) is 11.7 Å². The molecule has 2 atom stereocenters. The van der Waals surface area contributed by atoms with E-state index >= 15 is 0 Å². The van der Waals surface area contributed by atoms with Crippen molar-refractivity contribution in [3.05, 3.63) is 16.1 Å². The van der Waals surface area contributed by atoms with Crippen molar-refractivity contribution in [1.82, 2.24) is 4.98 Å². The Labute approximate surface area is 112 Å². The third-order valence-corrected chi connectivity index (χ3v) is 5.25. The number of aryl methyl sites for hydroxylation is 1. The second-order valence-corrected chi connectivity index (χ2v) is 6.83. The molecule has 1 aliphatic heterocycles. The van der Waals surface area contributed by atoms with Crippen LogP contribution in [-0.4, -0.2) is 28.4 Å². The van der Waals surface area contributed by atoms with E-state index in [9.17, 15) is 5.11 Å². The predicted molar refractivity (Wildman–Crippen MR) is 71.8 cm³/mol. The lowest BCUT2D eigenvalue weighted by atomic mass is 9.70. The van der Waals surface area contributed by atoms with Crippen LogP contribution in [0, 0.1) is 12.8 Å². The average Bonchev–Trinajstić information content (AvgIpc) is 2.73. The Bertz CT molecular complexity index is 414. The van der Waals surface area contributed by atoms with Crippen molar-refractivity contribution < 1.29 is 9.84 Å². The van der Waals surface area contributed by atoms with Crippen LogP contribution in [0.4, 0.5) is 0 Å². The van der Waals surface area contributed by atoms with Gasteiger partial charge in [-0.15, -0.1) is 11.3 Å². The zero-order chi connectivity index (χ0) is 12.6. The minimum atomic E-state index is -0.257. The first kappa shape index (κ1) is 12.6. The molecule has 1 spiro atoms. The Balaban J connectivity index is 1.60. The molecule has 18 heavy (non-hydrogen) atoms. The smallest absolute Gasteiger partial charge is 0.0897 e. The number of ether oxygens (including phenoxy) is 1. The fourth-order valence-corrected chi connectivity index (χ4v) is 3.82. The molecule has 0 radical (unpaired) electrons. The van der Waals surface area contributed by atoms with Crippen molar-refractivity contribution in [2.24, 2.45) is 5.92 Å². The van der Waals surface area contributed by atoms with Crippen LogP contribution in [0.3, 0.4) is 0 Å². The minimum absolute atomic E-state index is 0.127. The lowest BCUT2D eigenvalue weighted by Gasteiger charge is -2.48. The van der Waals surface area contributed by atoms with E-state index in [0.29, 0.717) is 12.3 Å². The first-order valence-corrected chi connectivity index (χ1v) is 7.78. The van der Waals surface area contributed by atoms with Gasteiger partial charge in [-0.3, -0.25) is 0 Å². The number of thiazole rings is 1. The first-order chi connectivity index (χ1) is 8.67. The van der Waals surface area contributed by atoms with Crippen LogP contribution in [0.15, 0.2) is 5.38 Å².